The maximum absolute atomic E-state index is 6.02. The van der Waals surface area contributed by atoms with E-state index in [1.54, 1.807) is 6.20 Å². The third-order valence-electron chi connectivity index (χ3n) is 2.70. The maximum atomic E-state index is 6.02. The summed E-state index contributed by atoms with van der Waals surface area (Å²) in [7, 11) is 0. The molecule has 112 valence electrons. The molecule has 0 unspecified atom stereocenters. The van der Waals surface area contributed by atoms with Crippen LogP contribution in [-0.4, -0.2) is 15.6 Å². The van der Waals surface area contributed by atoms with Crippen molar-refractivity contribution < 1.29 is 4.74 Å². The van der Waals surface area contributed by atoms with Crippen LogP contribution in [0, 0.1) is 6.92 Å². The van der Waals surface area contributed by atoms with Crippen molar-refractivity contribution in [2.75, 3.05) is 5.32 Å². The normalized spacial score (nSPS) is 11.3. The van der Waals surface area contributed by atoms with E-state index in [4.69, 9.17) is 16.3 Å². The molecule has 0 aliphatic heterocycles. The Morgan fingerprint density at radius 1 is 1.24 bits per heavy atom. The third-order valence-corrected chi connectivity index (χ3v) is 2.89. The monoisotopic (exact) mass is 305 g/mol. The molecule has 0 atom stereocenters. The highest BCUT2D eigenvalue weighted by atomic mass is 35.5. The van der Waals surface area contributed by atoms with Gasteiger partial charge in [-0.25, -0.2) is 4.98 Å². The van der Waals surface area contributed by atoms with Crippen molar-refractivity contribution in [3.63, 3.8) is 0 Å². The summed E-state index contributed by atoms with van der Waals surface area (Å²) < 4.78 is 6.02. The second-order valence-electron chi connectivity index (χ2n) is 5.91. The molecule has 21 heavy (non-hydrogen) atoms. The second-order valence-corrected chi connectivity index (χ2v) is 6.29. The Hall–Kier alpha value is -1.81. The summed E-state index contributed by atoms with van der Waals surface area (Å²) in [5.74, 6) is 1.52. The zero-order chi connectivity index (χ0) is 15.5. The minimum Gasteiger partial charge on any atom is -0.488 e. The van der Waals surface area contributed by atoms with E-state index in [1.807, 2.05) is 26.8 Å². The smallest absolute Gasteiger partial charge is 0.149 e. The molecule has 5 heteroatoms. The zero-order valence-corrected chi connectivity index (χ0v) is 13.5. The predicted molar refractivity (Wildman–Crippen MR) is 85.9 cm³/mol. The van der Waals surface area contributed by atoms with Gasteiger partial charge in [0.1, 0.15) is 22.3 Å². The van der Waals surface area contributed by atoms with Crippen LogP contribution in [0.15, 0.2) is 30.6 Å². The molecule has 0 spiro atoms. The van der Waals surface area contributed by atoms with Gasteiger partial charge in [-0.15, -0.1) is 0 Å². The van der Waals surface area contributed by atoms with Crippen LogP contribution in [0.4, 0.5) is 5.82 Å². The average molecular weight is 306 g/mol. The summed E-state index contributed by atoms with van der Waals surface area (Å²) in [6.45, 7) is 8.76. The Kier molecular flexibility index (Phi) is 4.68. The van der Waals surface area contributed by atoms with Gasteiger partial charge >= 0.3 is 0 Å². The van der Waals surface area contributed by atoms with E-state index < -0.39 is 0 Å². The van der Waals surface area contributed by atoms with E-state index in [2.05, 4.69) is 34.3 Å². The van der Waals surface area contributed by atoms with Crippen LogP contribution in [0.5, 0.6) is 5.75 Å². The van der Waals surface area contributed by atoms with Gasteiger partial charge in [-0.3, -0.25) is 4.98 Å². The van der Waals surface area contributed by atoms with Crippen LogP contribution in [0.3, 0.4) is 0 Å². The van der Waals surface area contributed by atoms with Gasteiger partial charge in [-0.2, -0.15) is 0 Å². The number of aryl methyl sites for hydroxylation is 1. The second kappa shape index (κ2) is 6.31. The summed E-state index contributed by atoms with van der Waals surface area (Å²) in [5.41, 5.74) is 2.00. The molecule has 0 fully saturated rings. The van der Waals surface area contributed by atoms with Gasteiger partial charge in [0.05, 0.1) is 12.4 Å². The molecule has 4 nitrogen and oxygen atoms in total. The van der Waals surface area contributed by atoms with Gasteiger partial charge in [-0.1, -0.05) is 23.7 Å². The molecule has 2 aromatic rings. The topological polar surface area (TPSA) is 47.0 Å². The van der Waals surface area contributed by atoms with E-state index in [-0.39, 0.29) is 5.60 Å². The number of nitrogens with zero attached hydrogens (tertiary/aromatic N) is 2. The maximum Gasteiger partial charge on any atom is 0.149 e. The molecule has 0 saturated carbocycles. The van der Waals surface area contributed by atoms with Crippen molar-refractivity contribution in [1.82, 2.24) is 9.97 Å². The van der Waals surface area contributed by atoms with Gasteiger partial charge in [0, 0.05) is 12.1 Å². The molecule has 1 heterocycles. The number of aromatic nitrogens is 2. The first-order valence-corrected chi connectivity index (χ1v) is 7.21. The van der Waals surface area contributed by atoms with Crippen LogP contribution >= 0.6 is 11.6 Å². The lowest BCUT2D eigenvalue weighted by Gasteiger charge is -2.24. The number of benzene rings is 1. The third kappa shape index (κ3) is 4.90. The molecule has 1 aromatic heterocycles. The highest BCUT2D eigenvalue weighted by Gasteiger charge is 2.14. The molecular formula is C16H20ClN3O. The molecule has 0 bridgehead atoms. The number of ether oxygens (including phenoxy) is 1. The minimum atomic E-state index is -0.238. The van der Waals surface area contributed by atoms with Crippen molar-refractivity contribution in [2.24, 2.45) is 0 Å². The van der Waals surface area contributed by atoms with Crippen molar-refractivity contribution in [1.29, 1.82) is 0 Å². The molecule has 0 saturated heterocycles. The summed E-state index contributed by atoms with van der Waals surface area (Å²) in [4.78, 5) is 8.17. The van der Waals surface area contributed by atoms with Gasteiger partial charge in [0.25, 0.3) is 0 Å². The predicted octanol–water partition coefficient (Wildman–Crippen LogP) is 4.23. The van der Waals surface area contributed by atoms with Crippen molar-refractivity contribution >= 4 is 17.4 Å². The molecule has 0 aliphatic rings. The molecule has 0 radical (unpaired) electrons. The highest BCUT2D eigenvalue weighted by Crippen LogP contribution is 2.25. The van der Waals surface area contributed by atoms with E-state index in [0.717, 1.165) is 11.3 Å². The molecule has 2 rings (SSSR count). The van der Waals surface area contributed by atoms with E-state index in [0.29, 0.717) is 17.5 Å². The standard InChI is InChI=1S/C16H20ClN3O/c1-11-5-6-12(13(7-11)21-16(2,3)4)8-19-15-10-18-9-14(17)20-15/h5-7,9-10H,8H2,1-4H3,(H,19,20). The average Bonchev–Trinajstić information content (AvgIpc) is 2.36. The van der Waals surface area contributed by atoms with Crippen molar-refractivity contribution in [3.8, 4) is 5.75 Å². The first-order valence-electron chi connectivity index (χ1n) is 6.83. The van der Waals surface area contributed by atoms with E-state index in [1.165, 1.54) is 11.8 Å². The molecule has 1 aromatic carbocycles. The van der Waals surface area contributed by atoms with E-state index >= 15 is 0 Å². The quantitative estimate of drug-likeness (QED) is 0.918. The Morgan fingerprint density at radius 2 is 2.00 bits per heavy atom. The number of hydrogen-bond donors (Lipinski definition) is 1. The number of anilines is 1. The summed E-state index contributed by atoms with van der Waals surface area (Å²) in [6.07, 6.45) is 3.15. The lowest BCUT2D eigenvalue weighted by molar-refractivity contribution is 0.129. The fourth-order valence-electron chi connectivity index (χ4n) is 1.85. The van der Waals surface area contributed by atoms with Crippen LogP contribution in [0.2, 0.25) is 5.15 Å². The number of hydrogen-bond acceptors (Lipinski definition) is 4. The largest absolute Gasteiger partial charge is 0.488 e. The fraction of sp³-hybridized carbons (Fsp3) is 0.375. The number of halogens is 1. The van der Waals surface area contributed by atoms with Gasteiger partial charge in [0.2, 0.25) is 0 Å². The number of rotatable bonds is 4. The Labute approximate surface area is 130 Å². The summed E-state index contributed by atoms with van der Waals surface area (Å²) in [5, 5.41) is 3.58. The van der Waals surface area contributed by atoms with Gasteiger partial charge < -0.3 is 10.1 Å². The van der Waals surface area contributed by atoms with Gasteiger partial charge in [0.15, 0.2) is 0 Å². The Balaban J connectivity index is 2.15. The first kappa shape index (κ1) is 15.6. The Bertz CT molecular complexity index is 623. The molecule has 1 N–H and O–H groups in total. The van der Waals surface area contributed by atoms with Crippen LogP contribution < -0.4 is 10.1 Å². The van der Waals surface area contributed by atoms with E-state index in [9.17, 15) is 0 Å². The van der Waals surface area contributed by atoms with Crippen molar-refractivity contribution in [2.45, 2.75) is 39.8 Å². The van der Waals surface area contributed by atoms with Gasteiger partial charge in [-0.05, 0) is 39.3 Å². The molecular weight excluding hydrogens is 286 g/mol. The lowest BCUT2D eigenvalue weighted by Crippen LogP contribution is -2.24. The van der Waals surface area contributed by atoms with Crippen LogP contribution in [0.25, 0.3) is 0 Å². The molecule has 0 amide bonds. The SMILES string of the molecule is Cc1ccc(CNc2cncc(Cl)n2)c(OC(C)(C)C)c1. The van der Waals surface area contributed by atoms with Crippen molar-refractivity contribution in [3.05, 3.63) is 46.9 Å². The zero-order valence-electron chi connectivity index (χ0n) is 12.8. The highest BCUT2D eigenvalue weighted by molar-refractivity contribution is 6.29. The molecule has 0 aliphatic carbocycles. The lowest BCUT2D eigenvalue weighted by atomic mass is 10.1. The Morgan fingerprint density at radius 3 is 2.67 bits per heavy atom. The van der Waals surface area contributed by atoms with Crippen LogP contribution in [-0.2, 0) is 6.54 Å². The first-order chi connectivity index (χ1) is 9.83. The number of nitrogens with one attached hydrogen (secondary N) is 1. The minimum absolute atomic E-state index is 0.238. The summed E-state index contributed by atoms with van der Waals surface area (Å²) in [6, 6.07) is 6.17. The fourth-order valence-corrected chi connectivity index (χ4v) is 1.99. The summed E-state index contributed by atoms with van der Waals surface area (Å²) >= 11 is 5.83. The van der Waals surface area contributed by atoms with Crippen LogP contribution in [0.1, 0.15) is 31.9 Å².